The molecule has 0 saturated heterocycles. The van der Waals surface area contributed by atoms with Crippen LogP contribution < -0.4 is 9.62 Å². The van der Waals surface area contributed by atoms with Crippen LogP contribution in [0.1, 0.15) is 0 Å². The summed E-state index contributed by atoms with van der Waals surface area (Å²) in [5, 5.41) is 13.2. The molecule has 0 aliphatic rings. The van der Waals surface area contributed by atoms with Crippen LogP contribution in [0.15, 0.2) is 53.0 Å². The van der Waals surface area contributed by atoms with E-state index in [0.29, 0.717) is 10.2 Å². The van der Waals surface area contributed by atoms with Gasteiger partial charge in [0.1, 0.15) is 6.54 Å². The lowest BCUT2D eigenvalue weighted by molar-refractivity contribution is -0.384. The number of hydrogen-bond acceptors (Lipinski definition) is 5. The molecule has 2 aromatic rings. The number of sulfonamides is 1. The number of nitro groups is 1. The topological polar surface area (TPSA) is 110 Å². The monoisotopic (exact) mass is 427 g/mol. The van der Waals surface area contributed by atoms with Gasteiger partial charge in [-0.2, -0.15) is 0 Å². The van der Waals surface area contributed by atoms with Gasteiger partial charge in [0.25, 0.3) is 5.69 Å². The van der Waals surface area contributed by atoms with Crippen LogP contribution in [0.2, 0.25) is 0 Å². The second-order valence-corrected chi connectivity index (χ2v) is 7.84. The van der Waals surface area contributed by atoms with E-state index >= 15 is 0 Å². The van der Waals surface area contributed by atoms with Crippen molar-refractivity contribution in [3.05, 3.63) is 63.1 Å². The number of hydrogen-bond donors (Lipinski definition) is 1. The molecule has 132 valence electrons. The van der Waals surface area contributed by atoms with Crippen LogP contribution in [-0.4, -0.2) is 32.0 Å². The summed E-state index contributed by atoms with van der Waals surface area (Å²) in [6.07, 6.45) is 0.993. The van der Waals surface area contributed by atoms with Crippen LogP contribution in [0.3, 0.4) is 0 Å². The number of para-hydroxylation sites is 1. The molecule has 0 aliphatic carbocycles. The number of amides is 1. The Bertz CT molecular complexity index is 917. The Labute approximate surface area is 152 Å². The minimum absolute atomic E-state index is 0.177. The van der Waals surface area contributed by atoms with E-state index in [2.05, 4.69) is 21.2 Å². The van der Waals surface area contributed by atoms with Crippen molar-refractivity contribution in [2.24, 2.45) is 0 Å². The third kappa shape index (κ3) is 5.00. The maximum Gasteiger partial charge on any atom is 0.271 e. The molecule has 0 aliphatic heterocycles. The molecule has 10 heteroatoms. The van der Waals surface area contributed by atoms with Crippen LogP contribution in [0, 0.1) is 10.1 Å². The first-order valence-electron chi connectivity index (χ1n) is 6.95. The predicted octanol–water partition coefficient (Wildman–Crippen LogP) is 2.76. The van der Waals surface area contributed by atoms with Gasteiger partial charge in [0, 0.05) is 22.3 Å². The molecule has 0 aromatic heterocycles. The first-order valence-corrected chi connectivity index (χ1v) is 9.59. The lowest BCUT2D eigenvalue weighted by atomic mass is 10.3. The van der Waals surface area contributed by atoms with E-state index in [1.54, 1.807) is 24.3 Å². The summed E-state index contributed by atoms with van der Waals surface area (Å²) in [6, 6.07) is 12.0. The van der Waals surface area contributed by atoms with Crippen molar-refractivity contribution < 1.29 is 18.1 Å². The molecule has 2 aromatic carbocycles. The van der Waals surface area contributed by atoms with E-state index in [1.807, 2.05) is 0 Å². The Balaban J connectivity index is 2.23. The molecule has 0 radical (unpaired) electrons. The van der Waals surface area contributed by atoms with Gasteiger partial charge < -0.3 is 5.32 Å². The first kappa shape index (κ1) is 18.9. The molecular formula is C15H14BrN3O5S. The molecule has 0 fully saturated rings. The number of anilines is 2. The van der Waals surface area contributed by atoms with Crippen molar-refractivity contribution in [1.29, 1.82) is 0 Å². The van der Waals surface area contributed by atoms with Crippen LogP contribution in [0.4, 0.5) is 17.1 Å². The molecule has 0 heterocycles. The van der Waals surface area contributed by atoms with Crippen LogP contribution in [0.5, 0.6) is 0 Å². The fourth-order valence-corrected chi connectivity index (χ4v) is 3.55. The summed E-state index contributed by atoms with van der Waals surface area (Å²) in [4.78, 5) is 22.4. The standard InChI is InChI=1S/C15H14BrN3O5S/c1-25(23,24)18(14-8-3-2-7-13(14)16)10-15(20)17-11-5-4-6-12(9-11)19(21)22/h2-9H,10H2,1H3,(H,17,20). The van der Waals surface area contributed by atoms with Crippen molar-refractivity contribution in [2.75, 3.05) is 22.4 Å². The number of non-ortho nitro benzene ring substituents is 1. The number of carbonyl (C=O) groups excluding carboxylic acids is 1. The quantitative estimate of drug-likeness (QED) is 0.562. The van der Waals surface area contributed by atoms with E-state index in [0.717, 1.165) is 10.6 Å². The van der Waals surface area contributed by atoms with Crippen molar-refractivity contribution in [1.82, 2.24) is 0 Å². The number of nitrogens with one attached hydrogen (secondary N) is 1. The summed E-state index contributed by atoms with van der Waals surface area (Å²) in [5.41, 5.74) is 0.350. The zero-order chi connectivity index (χ0) is 18.6. The number of nitro benzene ring substituents is 1. The van der Waals surface area contributed by atoms with Crippen molar-refractivity contribution in [3.8, 4) is 0 Å². The zero-order valence-corrected chi connectivity index (χ0v) is 15.5. The SMILES string of the molecule is CS(=O)(=O)N(CC(=O)Nc1cccc([N+](=O)[O-])c1)c1ccccc1Br. The van der Waals surface area contributed by atoms with E-state index in [4.69, 9.17) is 0 Å². The molecule has 0 bridgehead atoms. The Hall–Kier alpha value is -2.46. The highest BCUT2D eigenvalue weighted by molar-refractivity contribution is 9.10. The maximum absolute atomic E-state index is 12.2. The number of nitrogens with zero attached hydrogens (tertiary/aromatic N) is 2. The lowest BCUT2D eigenvalue weighted by Crippen LogP contribution is -2.37. The number of benzene rings is 2. The highest BCUT2D eigenvalue weighted by Gasteiger charge is 2.22. The summed E-state index contributed by atoms with van der Waals surface area (Å²) in [5.74, 6) is -0.623. The summed E-state index contributed by atoms with van der Waals surface area (Å²) in [7, 11) is -3.72. The molecule has 0 spiro atoms. The van der Waals surface area contributed by atoms with Gasteiger partial charge >= 0.3 is 0 Å². The van der Waals surface area contributed by atoms with Gasteiger partial charge in [-0.3, -0.25) is 19.2 Å². The van der Waals surface area contributed by atoms with Gasteiger partial charge in [0.2, 0.25) is 15.9 Å². The molecule has 0 saturated carbocycles. The molecule has 0 atom stereocenters. The van der Waals surface area contributed by atoms with Gasteiger partial charge in [-0.15, -0.1) is 0 Å². The Morgan fingerprint density at radius 2 is 1.92 bits per heavy atom. The van der Waals surface area contributed by atoms with Crippen molar-refractivity contribution in [3.63, 3.8) is 0 Å². The average Bonchev–Trinajstić information content (AvgIpc) is 2.52. The van der Waals surface area contributed by atoms with E-state index in [9.17, 15) is 23.3 Å². The molecule has 25 heavy (non-hydrogen) atoms. The van der Waals surface area contributed by atoms with Crippen LogP contribution in [0.25, 0.3) is 0 Å². The smallest absolute Gasteiger partial charge is 0.271 e. The van der Waals surface area contributed by atoms with Crippen LogP contribution in [-0.2, 0) is 14.8 Å². The molecule has 0 unspecified atom stereocenters. The Morgan fingerprint density at radius 1 is 1.24 bits per heavy atom. The second-order valence-electron chi connectivity index (χ2n) is 5.08. The third-order valence-electron chi connectivity index (χ3n) is 3.15. The number of carbonyl (C=O) groups is 1. The maximum atomic E-state index is 12.2. The minimum Gasteiger partial charge on any atom is -0.324 e. The normalized spacial score (nSPS) is 11.0. The average molecular weight is 428 g/mol. The van der Waals surface area contributed by atoms with Crippen molar-refractivity contribution in [2.45, 2.75) is 0 Å². The molecule has 1 amide bonds. The Morgan fingerprint density at radius 3 is 2.52 bits per heavy atom. The highest BCUT2D eigenvalue weighted by Crippen LogP contribution is 2.27. The second kappa shape index (κ2) is 7.62. The molecular weight excluding hydrogens is 414 g/mol. The fourth-order valence-electron chi connectivity index (χ4n) is 2.06. The predicted molar refractivity (Wildman–Crippen MR) is 98.1 cm³/mol. The minimum atomic E-state index is -3.72. The van der Waals surface area contributed by atoms with Crippen LogP contribution >= 0.6 is 15.9 Å². The highest BCUT2D eigenvalue weighted by atomic mass is 79.9. The van der Waals surface area contributed by atoms with Crippen molar-refractivity contribution >= 4 is 48.9 Å². The summed E-state index contributed by atoms with van der Waals surface area (Å²) < 4.78 is 25.6. The lowest BCUT2D eigenvalue weighted by Gasteiger charge is -2.23. The zero-order valence-electron chi connectivity index (χ0n) is 13.0. The number of rotatable bonds is 6. The summed E-state index contributed by atoms with van der Waals surface area (Å²) in [6.45, 7) is -0.468. The van der Waals surface area contributed by atoms with Gasteiger partial charge in [0.15, 0.2) is 0 Å². The number of halogens is 1. The molecule has 8 nitrogen and oxygen atoms in total. The van der Waals surface area contributed by atoms with Gasteiger partial charge in [-0.25, -0.2) is 8.42 Å². The fraction of sp³-hybridized carbons (Fsp3) is 0.133. The molecule has 1 N–H and O–H groups in total. The largest absolute Gasteiger partial charge is 0.324 e. The Kier molecular flexibility index (Phi) is 5.75. The van der Waals surface area contributed by atoms with E-state index in [1.165, 1.54) is 24.3 Å². The van der Waals surface area contributed by atoms with Gasteiger partial charge in [-0.05, 0) is 34.1 Å². The molecule has 2 rings (SSSR count). The third-order valence-corrected chi connectivity index (χ3v) is 4.95. The summed E-state index contributed by atoms with van der Waals surface area (Å²) >= 11 is 3.26. The first-order chi connectivity index (χ1) is 11.7. The van der Waals surface area contributed by atoms with Gasteiger partial charge in [0.05, 0.1) is 16.9 Å². The van der Waals surface area contributed by atoms with E-state index < -0.39 is 27.4 Å². The van der Waals surface area contributed by atoms with Gasteiger partial charge in [-0.1, -0.05) is 18.2 Å². The van der Waals surface area contributed by atoms with E-state index in [-0.39, 0.29) is 11.4 Å².